The highest BCUT2D eigenvalue weighted by Crippen LogP contribution is 2.40. The van der Waals surface area contributed by atoms with Crippen LogP contribution in [0.15, 0.2) is 140 Å². The van der Waals surface area contributed by atoms with Gasteiger partial charge in [-0.25, -0.2) is 9.97 Å². The number of imidazole rings is 2. The molecule has 2 aliphatic rings. The minimum Gasteiger partial charge on any atom is -0.369 e. The number of nitrogens with zero attached hydrogens (tertiary/aromatic N) is 5. The third-order valence-electron chi connectivity index (χ3n) is 12.9. The second-order valence-electron chi connectivity index (χ2n) is 17.3. The predicted octanol–water partition coefficient (Wildman–Crippen LogP) is 11.5. The van der Waals surface area contributed by atoms with Gasteiger partial charge in [-0.1, -0.05) is 114 Å². The lowest BCUT2D eigenvalue weighted by molar-refractivity contribution is -0.0303. The van der Waals surface area contributed by atoms with Gasteiger partial charge in [0, 0.05) is 31.7 Å². The minimum atomic E-state index is -1.12. The molecule has 2 saturated heterocycles. The monoisotopic (exact) mass is 890 g/mol. The van der Waals surface area contributed by atoms with Gasteiger partial charge < -0.3 is 29.4 Å². The lowest BCUT2D eigenvalue weighted by Gasteiger charge is -2.32. The van der Waals surface area contributed by atoms with Crippen LogP contribution >= 0.6 is 23.2 Å². The van der Waals surface area contributed by atoms with Gasteiger partial charge in [-0.05, 0) is 122 Å². The van der Waals surface area contributed by atoms with Crippen LogP contribution in [0.5, 0.6) is 0 Å². The van der Waals surface area contributed by atoms with Crippen LogP contribution in [0, 0.1) is 0 Å². The zero-order valence-corrected chi connectivity index (χ0v) is 37.6. The van der Waals surface area contributed by atoms with Gasteiger partial charge in [0.1, 0.15) is 23.9 Å². The summed E-state index contributed by atoms with van der Waals surface area (Å²) in [7, 11) is 4.32. The fourth-order valence-corrected chi connectivity index (χ4v) is 9.67. The van der Waals surface area contributed by atoms with Crippen LogP contribution in [-0.2, 0) is 9.47 Å². The molecule has 3 atom stereocenters. The van der Waals surface area contributed by atoms with Crippen molar-refractivity contribution in [1.29, 1.82) is 0 Å². The van der Waals surface area contributed by atoms with Gasteiger partial charge in [0.25, 0.3) is 0 Å². The maximum atomic E-state index is 13.0. The van der Waals surface area contributed by atoms with Crippen molar-refractivity contribution < 1.29 is 14.6 Å². The van der Waals surface area contributed by atoms with Crippen LogP contribution in [0.4, 0.5) is 0 Å². The number of hydrogen-bond acceptors (Lipinski definition) is 7. The second kappa shape index (κ2) is 18.6. The normalized spacial score (nSPS) is 17.3. The number of aliphatic hydroxyl groups excluding tert-OH is 1. The number of nitrogens with one attached hydrogen (secondary N) is 1. The number of aromatic amines is 1. The number of aromatic nitrogens is 4. The summed E-state index contributed by atoms with van der Waals surface area (Å²) in [6.07, 6.45) is 1.62. The molecule has 3 unspecified atom stereocenters. The van der Waals surface area contributed by atoms with E-state index in [0.717, 1.165) is 119 Å². The van der Waals surface area contributed by atoms with Gasteiger partial charge in [-0.3, -0.25) is 4.57 Å². The van der Waals surface area contributed by atoms with Gasteiger partial charge in [-0.2, -0.15) is 0 Å². The molecule has 64 heavy (non-hydrogen) atoms. The predicted molar refractivity (Wildman–Crippen MR) is 257 cm³/mol. The molecule has 2 fully saturated rings. The Hall–Kier alpha value is -5.36. The topological polar surface area (TPSA) is 91.7 Å². The Morgan fingerprint density at radius 1 is 0.594 bits per heavy atom. The lowest BCUT2D eigenvalue weighted by atomic mass is 9.95. The molecule has 8 aromatic rings. The number of likely N-dealkylation sites (tertiary alicyclic amines) is 2. The molecule has 0 amide bonds. The van der Waals surface area contributed by atoms with Crippen LogP contribution in [0.3, 0.4) is 0 Å². The number of para-hydroxylation sites is 4. The number of H-pyrrole nitrogens is 1. The number of ether oxygens (including phenoxy) is 2. The molecule has 0 bridgehead atoms. The smallest absolute Gasteiger partial charge is 0.159 e. The Kier molecular flexibility index (Phi) is 12.4. The summed E-state index contributed by atoms with van der Waals surface area (Å²) in [6.45, 7) is 3.85. The first-order valence-electron chi connectivity index (χ1n) is 22.3. The van der Waals surface area contributed by atoms with Gasteiger partial charge in [0.15, 0.2) is 6.23 Å². The van der Waals surface area contributed by atoms with Crippen LogP contribution in [-0.4, -0.2) is 86.9 Å². The minimum absolute atomic E-state index is 0.00768. The molecule has 2 aliphatic heterocycles. The summed E-state index contributed by atoms with van der Waals surface area (Å²) >= 11 is 12.9. The molecule has 2 N–H and O–H groups in total. The van der Waals surface area contributed by atoms with Crippen LogP contribution in [0.2, 0.25) is 10.0 Å². The van der Waals surface area contributed by atoms with E-state index in [1.54, 1.807) is 0 Å². The van der Waals surface area contributed by atoms with E-state index < -0.39 is 18.4 Å². The van der Waals surface area contributed by atoms with Gasteiger partial charge in [-0.15, -0.1) is 0 Å². The van der Waals surface area contributed by atoms with E-state index in [0.29, 0.717) is 15.9 Å². The number of hydrogen-bond donors (Lipinski definition) is 2. The third-order valence-corrected chi connectivity index (χ3v) is 13.7. The number of piperidine rings is 2. The molecule has 11 heteroatoms. The van der Waals surface area contributed by atoms with E-state index in [1.807, 2.05) is 89.5 Å². The summed E-state index contributed by atoms with van der Waals surface area (Å²) in [5.74, 6) is 1.40. The average molecular weight is 892 g/mol. The summed E-state index contributed by atoms with van der Waals surface area (Å²) < 4.78 is 16.2. The average Bonchev–Trinajstić information content (AvgIpc) is 3.94. The molecule has 0 aliphatic carbocycles. The van der Waals surface area contributed by atoms with Crippen molar-refractivity contribution in [3.63, 3.8) is 0 Å². The lowest BCUT2D eigenvalue weighted by Crippen LogP contribution is -2.35. The van der Waals surface area contributed by atoms with Gasteiger partial charge in [0.2, 0.25) is 0 Å². The summed E-state index contributed by atoms with van der Waals surface area (Å²) in [6, 6.07) is 46.7. The molecule has 10 rings (SSSR count). The molecule has 4 heterocycles. The van der Waals surface area contributed by atoms with Crippen molar-refractivity contribution >= 4 is 45.3 Å². The van der Waals surface area contributed by atoms with Crippen molar-refractivity contribution in [2.24, 2.45) is 0 Å². The van der Waals surface area contributed by atoms with E-state index in [9.17, 15) is 5.11 Å². The zero-order chi connectivity index (χ0) is 43.7. The molecule has 0 saturated carbocycles. The number of benzene rings is 6. The number of rotatable bonds is 12. The summed E-state index contributed by atoms with van der Waals surface area (Å²) in [4.78, 5) is 18.6. The Morgan fingerprint density at radius 2 is 1.19 bits per heavy atom. The first-order valence-corrected chi connectivity index (χ1v) is 23.0. The molecule has 2 aromatic heterocycles. The first-order chi connectivity index (χ1) is 31.3. The molecule has 9 nitrogen and oxygen atoms in total. The van der Waals surface area contributed by atoms with Gasteiger partial charge in [0.05, 0.1) is 44.3 Å². The third kappa shape index (κ3) is 8.87. The quantitative estimate of drug-likeness (QED) is 0.126. The fraction of sp³-hybridized carbons (Fsp3) is 0.283. The standard InChI is InChI=1S/C53H52Cl2N6O3/c1-59-27-23-39(24-28-59)63-49(51-56-45-17-5-6-18-46(45)57-51)37-13-10-12-36(32-37)41-15-3-4-16-42(41)53(62)61-48-20-8-7-19-47(48)58-52(61)50(64-40-25-29-60(2)30-26-40)38-14-9-11-34(31-38)35-21-22-43(54)44(55)33-35/h3-22,31-33,39-40,49-50,53,62H,23-30H2,1-2H3,(H,56,57). The number of aliphatic hydroxyl groups is 1. The largest absolute Gasteiger partial charge is 0.369 e. The molecule has 326 valence electrons. The zero-order valence-electron chi connectivity index (χ0n) is 36.1. The first kappa shape index (κ1) is 42.6. The maximum absolute atomic E-state index is 13.0. The number of fused-ring (bicyclic) bond motifs is 2. The van der Waals surface area contributed by atoms with E-state index in [1.165, 1.54) is 0 Å². The van der Waals surface area contributed by atoms with Crippen molar-refractivity contribution in [2.75, 3.05) is 40.3 Å². The Morgan fingerprint density at radius 3 is 1.91 bits per heavy atom. The summed E-state index contributed by atoms with van der Waals surface area (Å²) in [5, 5.41) is 14.0. The second-order valence-corrected chi connectivity index (χ2v) is 18.2. The van der Waals surface area contributed by atoms with E-state index >= 15 is 0 Å². The highest BCUT2D eigenvalue weighted by Gasteiger charge is 2.32. The molecular formula is C53H52Cl2N6O3. The Bertz CT molecular complexity index is 2860. The van der Waals surface area contributed by atoms with Gasteiger partial charge >= 0.3 is 0 Å². The van der Waals surface area contributed by atoms with Crippen molar-refractivity contribution in [2.45, 2.75) is 56.3 Å². The van der Waals surface area contributed by atoms with Crippen molar-refractivity contribution in [3.8, 4) is 22.3 Å². The van der Waals surface area contributed by atoms with Crippen molar-refractivity contribution in [1.82, 2.24) is 29.3 Å². The number of halogens is 2. The highest BCUT2D eigenvalue weighted by molar-refractivity contribution is 6.42. The molecule has 0 radical (unpaired) electrons. The van der Waals surface area contributed by atoms with Crippen molar-refractivity contribution in [3.05, 3.63) is 178 Å². The molecule has 6 aromatic carbocycles. The highest BCUT2D eigenvalue weighted by atomic mass is 35.5. The summed E-state index contributed by atoms with van der Waals surface area (Å²) in [5.41, 5.74) is 9.89. The Balaban J connectivity index is 1.06. The molecular weight excluding hydrogens is 840 g/mol. The fourth-order valence-electron chi connectivity index (χ4n) is 9.37. The van der Waals surface area contributed by atoms with E-state index in [4.69, 9.17) is 42.6 Å². The molecule has 0 spiro atoms. The Labute approximate surface area is 384 Å². The van der Waals surface area contributed by atoms with Crippen LogP contribution < -0.4 is 0 Å². The SMILES string of the molecule is CN1CCC(OC(c2cccc(-c3ccccc3C(O)n3c(C(OC4CCN(C)CC4)c4cccc(-c5ccc(Cl)c(Cl)c5)c4)nc4ccccc43)c2)c2nc3ccccc3[nH]2)CC1. The van der Waals surface area contributed by atoms with E-state index in [2.05, 4.69) is 83.5 Å². The van der Waals surface area contributed by atoms with E-state index in [-0.39, 0.29) is 12.2 Å². The van der Waals surface area contributed by atoms with Crippen LogP contribution in [0.25, 0.3) is 44.3 Å². The van der Waals surface area contributed by atoms with Crippen LogP contribution in [0.1, 0.15) is 72.5 Å². The maximum Gasteiger partial charge on any atom is 0.159 e.